The van der Waals surface area contributed by atoms with Gasteiger partial charge in [-0.1, -0.05) is 61.0 Å². The number of hydrogen-bond acceptors (Lipinski definition) is 6. The van der Waals surface area contributed by atoms with Crippen molar-refractivity contribution >= 4 is 23.4 Å². The van der Waals surface area contributed by atoms with E-state index in [9.17, 15) is 14.4 Å². The Bertz CT molecular complexity index is 1310. The van der Waals surface area contributed by atoms with Gasteiger partial charge in [-0.2, -0.15) is 0 Å². The van der Waals surface area contributed by atoms with Gasteiger partial charge in [-0.3, -0.25) is 4.79 Å². The molecule has 0 aliphatic carbocycles. The van der Waals surface area contributed by atoms with E-state index in [1.165, 1.54) is 0 Å². The number of benzene rings is 3. The summed E-state index contributed by atoms with van der Waals surface area (Å²) >= 11 is 0. The lowest BCUT2D eigenvalue weighted by molar-refractivity contribution is -0.133. The summed E-state index contributed by atoms with van der Waals surface area (Å²) < 4.78 is 11.1. The van der Waals surface area contributed by atoms with Crippen molar-refractivity contribution in [1.82, 2.24) is 0 Å². The zero-order valence-corrected chi connectivity index (χ0v) is 19.5. The fourth-order valence-corrected chi connectivity index (χ4v) is 3.98. The van der Waals surface area contributed by atoms with Gasteiger partial charge >= 0.3 is 11.9 Å². The van der Waals surface area contributed by atoms with Crippen LogP contribution in [0.5, 0.6) is 11.5 Å². The summed E-state index contributed by atoms with van der Waals surface area (Å²) in [6.07, 6.45) is 0.807. The van der Waals surface area contributed by atoms with Crippen molar-refractivity contribution in [3.63, 3.8) is 0 Å². The third-order valence-corrected chi connectivity index (χ3v) is 5.66. The van der Waals surface area contributed by atoms with Crippen LogP contribution in [-0.4, -0.2) is 17.7 Å². The van der Waals surface area contributed by atoms with Crippen LogP contribution in [0.15, 0.2) is 71.9 Å². The van der Waals surface area contributed by atoms with Gasteiger partial charge in [0.05, 0.1) is 5.69 Å². The van der Waals surface area contributed by atoms with Crippen molar-refractivity contribution in [3.8, 4) is 11.5 Å². The van der Waals surface area contributed by atoms with E-state index in [0.29, 0.717) is 17.2 Å². The lowest BCUT2D eigenvalue weighted by atomic mass is 9.99. The molecule has 0 spiro atoms. The van der Waals surface area contributed by atoms with E-state index in [2.05, 4.69) is 5.32 Å². The van der Waals surface area contributed by atoms with Gasteiger partial charge in [0.15, 0.2) is 5.75 Å². The monoisotopic (exact) mass is 455 g/mol. The Morgan fingerprint density at radius 1 is 0.941 bits per heavy atom. The number of fused-ring (bicyclic) bond motifs is 1. The van der Waals surface area contributed by atoms with Gasteiger partial charge in [-0.05, 0) is 56.0 Å². The molecule has 0 amide bonds. The van der Waals surface area contributed by atoms with Crippen LogP contribution in [-0.2, 0) is 16.0 Å². The highest BCUT2D eigenvalue weighted by Gasteiger charge is 2.34. The van der Waals surface area contributed by atoms with E-state index >= 15 is 0 Å². The predicted molar refractivity (Wildman–Crippen MR) is 129 cm³/mol. The van der Waals surface area contributed by atoms with E-state index in [1.807, 2.05) is 52.0 Å². The van der Waals surface area contributed by atoms with Gasteiger partial charge < -0.3 is 14.8 Å². The standard InChI is InChI=1S/C28H25NO5/c1-5-19-10-12-20(13-11-19)25(30)23(24-28(32)33-22-9-7-6-8-21(22)29-24)27(31)34-26-17(3)14-16(2)15-18(26)4/h6-15,29H,5H2,1-4H3. The smallest absolute Gasteiger partial charge is 0.361 e. The van der Waals surface area contributed by atoms with E-state index < -0.39 is 23.3 Å². The molecule has 172 valence electrons. The zero-order chi connectivity index (χ0) is 24.4. The second-order valence-corrected chi connectivity index (χ2v) is 8.26. The summed E-state index contributed by atoms with van der Waals surface area (Å²) in [6, 6.07) is 17.5. The molecule has 6 heteroatoms. The minimum atomic E-state index is -0.932. The average molecular weight is 456 g/mol. The number of nitrogens with one attached hydrogen (secondary N) is 1. The van der Waals surface area contributed by atoms with Crippen LogP contribution in [0.3, 0.4) is 0 Å². The highest BCUT2D eigenvalue weighted by atomic mass is 16.5. The van der Waals surface area contributed by atoms with Gasteiger partial charge in [-0.25, -0.2) is 9.59 Å². The van der Waals surface area contributed by atoms with Crippen LogP contribution in [0.1, 0.15) is 39.5 Å². The van der Waals surface area contributed by atoms with Gasteiger partial charge in [0, 0.05) is 5.56 Å². The Hall–Kier alpha value is -4.19. The molecule has 1 aliphatic rings. The largest absolute Gasteiger partial charge is 0.422 e. The predicted octanol–water partition coefficient (Wildman–Crippen LogP) is 5.25. The van der Waals surface area contributed by atoms with Crippen LogP contribution in [0, 0.1) is 20.8 Å². The number of hydrogen-bond donors (Lipinski definition) is 1. The summed E-state index contributed by atoms with van der Waals surface area (Å²) in [5.41, 5.74) is 3.64. The molecule has 4 rings (SSSR count). The number of aryl methyl sites for hydroxylation is 4. The number of esters is 2. The van der Waals surface area contributed by atoms with Gasteiger partial charge in [0.2, 0.25) is 5.78 Å². The summed E-state index contributed by atoms with van der Waals surface area (Å²) in [6.45, 7) is 7.60. The number of ketones is 1. The molecular weight excluding hydrogens is 430 g/mol. The van der Waals surface area contributed by atoms with Crippen LogP contribution in [0.2, 0.25) is 0 Å². The van der Waals surface area contributed by atoms with E-state index in [0.717, 1.165) is 28.7 Å². The van der Waals surface area contributed by atoms with Gasteiger partial charge in [0.1, 0.15) is 17.0 Å². The maximum Gasteiger partial charge on any atom is 0.361 e. The number of carbonyl (C=O) groups is 3. The first-order valence-corrected chi connectivity index (χ1v) is 11.0. The lowest BCUT2D eigenvalue weighted by Gasteiger charge is -2.22. The van der Waals surface area contributed by atoms with E-state index in [1.54, 1.807) is 36.4 Å². The van der Waals surface area contributed by atoms with Crippen molar-refractivity contribution in [2.45, 2.75) is 34.1 Å². The molecule has 0 radical (unpaired) electrons. The number of carbonyl (C=O) groups excluding carboxylic acids is 3. The molecule has 0 unspecified atom stereocenters. The van der Waals surface area contributed by atoms with Gasteiger partial charge in [0.25, 0.3) is 0 Å². The van der Waals surface area contributed by atoms with Crippen LogP contribution in [0.25, 0.3) is 0 Å². The number of para-hydroxylation sites is 2. The minimum absolute atomic E-state index is 0.254. The molecule has 0 fully saturated rings. The molecule has 3 aromatic carbocycles. The van der Waals surface area contributed by atoms with Crippen molar-refractivity contribution in [2.24, 2.45) is 0 Å². The average Bonchev–Trinajstić information content (AvgIpc) is 2.81. The minimum Gasteiger partial charge on any atom is -0.422 e. The van der Waals surface area contributed by atoms with Crippen LogP contribution in [0.4, 0.5) is 5.69 Å². The molecule has 0 saturated carbocycles. The normalized spacial score (nSPS) is 13.9. The Kier molecular flexibility index (Phi) is 6.32. The molecule has 34 heavy (non-hydrogen) atoms. The number of rotatable bonds is 5. The maximum absolute atomic E-state index is 13.6. The molecule has 1 aliphatic heterocycles. The summed E-state index contributed by atoms with van der Waals surface area (Å²) in [5.74, 6) is -1.73. The SMILES string of the molecule is CCc1ccc(C(=O)C(C(=O)Oc2c(C)cc(C)cc2C)=C2Nc3ccccc3OC2=O)cc1. The Balaban J connectivity index is 1.81. The maximum atomic E-state index is 13.6. The molecule has 0 bridgehead atoms. The lowest BCUT2D eigenvalue weighted by Crippen LogP contribution is -2.31. The topological polar surface area (TPSA) is 81.7 Å². The van der Waals surface area contributed by atoms with Gasteiger partial charge in [-0.15, -0.1) is 0 Å². The van der Waals surface area contributed by atoms with E-state index in [-0.39, 0.29) is 11.3 Å². The quantitative estimate of drug-likeness (QED) is 0.141. The number of Topliss-reactive ketones (excluding diaryl/α,β-unsaturated/α-hetero) is 1. The highest BCUT2D eigenvalue weighted by molar-refractivity contribution is 6.28. The fourth-order valence-electron chi connectivity index (χ4n) is 3.98. The molecule has 3 aromatic rings. The Morgan fingerprint density at radius 2 is 1.59 bits per heavy atom. The second kappa shape index (κ2) is 9.35. The first kappa shape index (κ1) is 23.0. The summed E-state index contributed by atoms with van der Waals surface area (Å²) in [4.78, 5) is 39.9. The number of anilines is 1. The molecule has 6 nitrogen and oxygen atoms in total. The molecule has 1 heterocycles. The third-order valence-electron chi connectivity index (χ3n) is 5.66. The van der Waals surface area contributed by atoms with Crippen molar-refractivity contribution in [2.75, 3.05) is 5.32 Å². The molecular formula is C28H25NO5. The molecule has 0 saturated heterocycles. The van der Waals surface area contributed by atoms with Crippen LogP contribution < -0.4 is 14.8 Å². The van der Waals surface area contributed by atoms with Crippen molar-refractivity contribution < 1.29 is 23.9 Å². The molecule has 0 atom stereocenters. The first-order chi connectivity index (χ1) is 16.3. The molecule has 1 N–H and O–H groups in total. The Labute approximate surface area is 198 Å². The summed E-state index contributed by atoms with van der Waals surface area (Å²) in [5, 5.41) is 2.91. The summed E-state index contributed by atoms with van der Waals surface area (Å²) in [7, 11) is 0. The van der Waals surface area contributed by atoms with Crippen molar-refractivity contribution in [1.29, 1.82) is 0 Å². The third kappa shape index (κ3) is 4.48. The van der Waals surface area contributed by atoms with Crippen molar-refractivity contribution in [3.05, 3.63) is 99.8 Å². The second-order valence-electron chi connectivity index (χ2n) is 8.26. The first-order valence-electron chi connectivity index (χ1n) is 11.0. The van der Waals surface area contributed by atoms with Crippen LogP contribution >= 0.6 is 0 Å². The Morgan fingerprint density at radius 3 is 2.24 bits per heavy atom. The highest BCUT2D eigenvalue weighted by Crippen LogP contribution is 2.33. The molecule has 0 aromatic heterocycles. The zero-order valence-electron chi connectivity index (χ0n) is 19.5. The number of ether oxygens (including phenoxy) is 2. The fraction of sp³-hybridized carbons (Fsp3) is 0.179. The van der Waals surface area contributed by atoms with E-state index in [4.69, 9.17) is 9.47 Å².